The Bertz CT molecular complexity index is 1180. The average Bonchev–Trinajstić information content (AvgIpc) is 2.80. The lowest BCUT2D eigenvalue weighted by Crippen LogP contribution is -2.28. The van der Waals surface area contributed by atoms with E-state index in [4.69, 9.17) is 4.74 Å². The molecule has 0 aliphatic carbocycles. The summed E-state index contributed by atoms with van der Waals surface area (Å²) in [5.41, 5.74) is 1.32. The van der Waals surface area contributed by atoms with E-state index in [1.807, 2.05) is 60.7 Å². The van der Waals surface area contributed by atoms with Gasteiger partial charge in [-0.3, -0.25) is 4.79 Å². The van der Waals surface area contributed by atoms with Crippen molar-refractivity contribution in [1.29, 1.82) is 0 Å². The van der Waals surface area contributed by atoms with Gasteiger partial charge < -0.3 is 9.84 Å². The normalized spacial score (nSPS) is 11.0. The zero-order valence-electron chi connectivity index (χ0n) is 16.1. The Morgan fingerprint density at radius 2 is 1.40 bits per heavy atom. The summed E-state index contributed by atoms with van der Waals surface area (Å²) in [6.45, 7) is -0.277. The maximum absolute atomic E-state index is 13.2. The van der Waals surface area contributed by atoms with Crippen LogP contribution in [0.3, 0.4) is 0 Å². The maximum atomic E-state index is 13.2. The molecule has 0 unspecified atom stereocenters. The van der Waals surface area contributed by atoms with Gasteiger partial charge in [0.25, 0.3) is 5.56 Å². The molecule has 0 aliphatic rings. The van der Waals surface area contributed by atoms with Gasteiger partial charge in [-0.25, -0.2) is 9.48 Å². The quantitative estimate of drug-likeness (QED) is 0.502. The van der Waals surface area contributed by atoms with Crippen molar-refractivity contribution in [3.63, 3.8) is 0 Å². The number of carbonyl (C=O) groups excluding carboxylic acids is 1. The summed E-state index contributed by atoms with van der Waals surface area (Å²) in [5, 5.41) is 14.2. The molecule has 0 aliphatic heterocycles. The van der Waals surface area contributed by atoms with Crippen LogP contribution in [0.2, 0.25) is 0 Å². The minimum atomic E-state index is -0.643. The van der Waals surface area contributed by atoms with Gasteiger partial charge >= 0.3 is 5.97 Å². The maximum Gasteiger partial charge on any atom is 0.360 e. The number of hydrogen-bond acceptors (Lipinski definition) is 5. The fourth-order valence-electron chi connectivity index (χ4n) is 3.38. The van der Waals surface area contributed by atoms with E-state index in [1.165, 1.54) is 0 Å². The molecule has 150 valence electrons. The number of aliphatic hydroxyl groups excluding tert-OH is 1. The molecule has 0 saturated heterocycles. The third-order valence-corrected chi connectivity index (χ3v) is 4.80. The number of benzene rings is 3. The van der Waals surface area contributed by atoms with Gasteiger partial charge in [0.05, 0.1) is 18.5 Å². The molecule has 1 N–H and O–H groups in total. The van der Waals surface area contributed by atoms with Crippen molar-refractivity contribution in [2.45, 2.75) is 12.6 Å². The third kappa shape index (κ3) is 3.86. The van der Waals surface area contributed by atoms with E-state index < -0.39 is 12.1 Å². The van der Waals surface area contributed by atoms with Gasteiger partial charge in [-0.1, -0.05) is 78.9 Å². The Balaban J connectivity index is 1.79. The predicted octanol–water partition coefficient (Wildman–Crippen LogP) is 3.34. The molecule has 3 aromatic carbocycles. The smallest absolute Gasteiger partial charge is 0.360 e. The Labute approximate surface area is 173 Å². The van der Waals surface area contributed by atoms with Crippen LogP contribution in [0.1, 0.15) is 27.7 Å². The number of esters is 1. The third-order valence-electron chi connectivity index (χ3n) is 4.80. The molecule has 0 fully saturated rings. The van der Waals surface area contributed by atoms with Crippen LogP contribution in [0.4, 0.5) is 0 Å². The van der Waals surface area contributed by atoms with Crippen LogP contribution >= 0.6 is 0 Å². The number of nitrogens with zero attached hydrogens (tertiary/aromatic N) is 2. The minimum absolute atomic E-state index is 0.00918. The average molecular weight is 400 g/mol. The van der Waals surface area contributed by atoms with Gasteiger partial charge in [-0.15, -0.1) is 0 Å². The van der Waals surface area contributed by atoms with Gasteiger partial charge in [-0.05, 0) is 17.2 Å². The molecule has 4 aromatic rings. The van der Waals surface area contributed by atoms with Gasteiger partial charge in [0.1, 0.15) is 0 Å². The Morgan fingerprint density at radius 1 is 0.867 bits per heavy atom. The van der Waals surface area contributed by atoms with E-state index in [9.17, 15) is 14.7 Å². The summed E-state index contributed by atoms with van der Waals surface area (Å²) in [6, 6.07) is 25.7. The number of aliphatic hydroxyl groups is 1. The van der Waals surface area contributed by atoms with Crippen molar-refractivity contribution in [2.75, 3.05) is 6.61 Å². The molecule has 0 saturated carbocycles. The first-order valence-corrected chi connectivity index (χ1v) is 9.60. The van der Waals surface area contributed by atoms with Crippen LogP contribution in [0.5, 0.6) is 0 Å². The molecule has 1 heterocycles. The van der Waals surface area contributed by atoms with E-state index in [0.29, 0.717) is 10.8 Å². The molecule has 0 amide bonds. The summed E-state index contributed by atoms with van der Waals surface area (Å²) in [7, 11) is 0. The van der Waals surface area contributed by atoms with Crippen molar-refractivity contribution in [3.05, 3.63) is 112 Å². The second kappa shape index (κ2) is 8.71. The van der Waals surface area contributed by atoms with E-state index in [1.54, 1.807) is 24.3 Å². The number of carbonyl (C=O) groups is 1. The van der Waals surface area contributed by atoms with Crippen molar-refractivity contribution < 1.29 is 14.6 Å². The second-order valence-corrected chi connectivity index (χ2v) is 6.75. The van der Waals surface area contributed by atoms with E-state index in [0.717, 1.165) is 15.8 Å². The number of ether oxygens (including phenoxy) is 1. The summed E-state index contributed by atoms with van der Waals surface area (Å²) < 4.78 is 7.01. The van der Waals surface area contributed by atoms with Crippen LogP contribution in [0.25, 0.3) is 10.8 Å². The first kappa shape index (κ1) is 19.5. The highest BCUT2D eigenvalue weighted by molar-refractivity contribution is 6.02. The molecule has 0 atom stereocenters. The first-order valence-electron chi connectivity index (χ1n) is 9.60. The number of hydrogen-bond donors (Lipinski definition) is 1. The molecule has 0 radical (unpaired) electrons. The highest BCUT2D eigenvalue weighted by atomic mass is 16.5. The molecule has 1 aromatic heterocycles. The van der Waals surface area contributed by atoms with Crippen molar-refractivity contribution in [3.8, 4) is 0 Å². The van der Waals surface area contributed by atoms with Crippen LogP contribution in [-0.2, 0) is 11.3 Å². The zero-order chi connectivity index (χ0) is 20.9. The number of fused-ring (bicyclic) bond motifs is 1. The van der Waals surface area contributed by atoms with Gasteiger partial charge in [0.15, 0.2) is 11.8 Å². The summed E-state index contributed by atoms with van der Waals surface area (Å²) in [5.74, 6) is -0.643. The summed E-state index contributed by atoms with van der Waals surface area (Å²) in [4.78, 5) is 25.8. The lowest BCUT2D eigenvalue weighted by molar-refractivity contribution is 0.0370. The molecule has 6 nitrogen and oxygen atoms in total. The highest BCUT2D eigenvalue weighted by Crippen LogP contribution is 2.27. The standard InChI is InChI=1S/C24H20N2O4/c27-16-15-26-23(28)20-14-8-7-13-19(20)21(25-26)24(29)30-22(17-9-3-1-4-10-17)18-11-5-2-6-12-18/h1-14,22,27H,15-16H2. The van der Waals surface area contributed by atoms with Crippen LogP contribution in [-0.4, -0.2) is 27.5 Å². The molecular weight excluding hydrogens is 380 g/mol. The molecule has 0 spiro atoms. The highest BCUT2D eigenvalue weighted by Gasteiger charge is 2.24. The number of aromatic nitrogens is 2. The van der Waals surface area contributed by atoms with Gasteiger partial charge in [-0.2, -0.15) is 5.10 Å². The lowest BCUT2D eigenvalue weighted by atomic mass is 10.0. The van der Waals surface area contributed by atoms with E-state index >= 15 is 0 Å². The Morgan fingerprint density at radius 3 is 1.97 bits per heavy atom. The monoisotopic (exact) mass is 400 g/mol. The Hall–Kier alpha value is -3.77. The number of rotatable bonds is 6. The van der Waals surface area contributed by atoms with Crippen LogP contribution in [0, 0.1) is 0 Å². The predicted molar refractivity (Wildman–Crippen MR) is 113 cm³/mol. The van der Waals surface area contributed by atoms with Crippen LogP contribution < -0.4 is 5.56 Å². The lowest BCUT2D eigenvalue weighted by Gasteiger charge is -2.19. The van der Waals surface area contributed by atoms with Gasteiger partial charge in [0.2, 0.25) is 0 Å². The topological polar surface area (TPSA) is 81.4 Å². The molecule has 6 heteroatoms. The molecule has 30 heavy (non-hydrogen) atoms. The fourth-order valence-corrected chi connectivity index (χ4v) is 3.38. The summed E-state index contributed by atoms with van der Waals surface area (Å²) >= 11 is 0. The van der Waals surface area contributed by atoms with E-state index in [2.05, 4.69) is 5.10 Å². The zero-order valence-corrected chi connectivity index (χ0v) is 16.1. The van der Waals surface area contributed by atoms with Crippen molar-refractivity contribution in [1.82, 2.24) is 9.78 Å². The minimum Gasteiger partial charge on any atom is -0.448 e. The van der Waals surface area contributed by atoms with Gasteiger partial charge in [0, 0.05) is 5.39 Å². The SMILES string of the molecule is O=C(OC(c1ccccc1)c1ccccc1)c1nn(CCO)c(=O)c2ccccc12. The van der Waals surface area contributed by atoms with Crippen molar-refractivity contribution >= 4 is 16.7 Å². The second-order valence-electron chi connectivity index (χ2n) is 6.75. The van der Waals surface area contributed by atoms with Crippen molar-refractivity contribution in [2.24, 2.45) is 0 Å². The fraction of sp³-hybridized carbons (Fsp3) is 0.125. The van der Waals surface area contributed by atoms with E-state index in [-0.39, 0.29) is 24.4 Å². The Kier molecular flexibility index (Phi) is 5.68. The molecule has 0 bridgehead atoms. The van der Waals surface area contributed by atoms with Crippen LogP contribution in [0.15, 0.2) is 89.7 Å². The molecule has 4 rings (SSSR count). The molecular formula is C24H20N2O4. The first-order chi connectivity index (χ1) is 14.7. The summed E-state index contributed by atoms with van der Waals surface area (Å²) in [6.07, 6.45) is -0.626. The largest absolute Gasteiger partial charge is 0.448 e.